The molecule has 1 aliphatic rings. The average molecular weight is 730 g/mol. The summed E-state index contributed by atoms with van der Waals surface area (Å²) in [5, 5.41) is 9.08. The molecule has 3 aromatic carbocycles. The number of nitrogens with one attached hydrogen (secondary N) is 3. The van der Waals surface area contributed by atoms with Crippen molar-refractivity contribution in [3.05, 3.63) is 117 Å². The zero-order chi connectivity index (χ0) is 36.0. The van der Waals surface area contributed by atoms with Gasteiger partial charge in [-0.1, -0.05) is 68.8 Å². The Balaban J connectivity index is 1.30. The fourth-order valence-corrected chi connectivity index (χ4v) is 8.20. The minimum atomic E-state index is -0.534. The van der Waals surface area contributed by atoms with E-state index in [4.69, 9.17) is 16.3 Å². The number of carbonyl (C=O) groups excluding carboxylic acids is 4. The van der Waals surface area contributed by atoms with Crippen LogP contribution in [0.4, 0.5) is 10.7 Å². The van der Waals surface area contributed by atoms with E-state index in [2.05, 4.69) is 36.7 Å². The van der Waals surface area contributed by atoms with E-state index in [1.165, 1.54) is 30.2 Å². The zero-order valence-electron chi connectivity index (χ0n) is 28.6. The van der Waals surface area contributed by atoms with Gasteiger partial charge in [0.15, 0.2) is 0 Å². The number of esters is 1. The van der Waals surface area contributed by atoms with Gasteiger partial charge >= 0.3 is 5.97 Å². The molecule has 4 aromatic rings. The SMILES string of the molecule is COC(=O)c1c(NC(=O)C(C)Sc2cccc(NC(=O)/C(=C/c3cccc(Cl)c3)NC(=O)c3ccccc3)c2)sc2c1CCC(C(C)(C)C)C2. The molecule has 0 saturated carbocycles. The van der Waals surface area contributed by atoms with Gasteiger partial charge in [-0.3, -0.25) is 14.4 Å². The summed E-state index contributed by atoms with van der Waals surface area (Å²) in [4.78, 5) is 54.8. The number of fused-ring (bicyclic) bond motifs is 1. The number of ether oxygens (including phenoxy) is 1. The predicted octanol–water partition coefficient (Wildman–Crippen LogP) is 8.87. The second kappa shape index (κ2) is 16.1. The molecule has 0 saturated heterocycles. The fourth-order valence-electron chi connectivity index (χ4n) is 5.75. The van der Waals surface area contributed by atoms with Crippen LogP contribution in [-0.2, 0) is 27.2 Å². The summed E-state index contributed by atoms with van der Waals surface area (Å²) in [6, 6.07) is 22.7. The topological polar surface area (TPSA) is 114 Å². The molecule has 3 N–H and O–H groups in total. The van der Waals surface area contributed by atoms with E-state index in [9.17, 15) is 19.2 Å². The highest BCUT2D eigenvalue weighted by atomic mass is 35.5. The highest BCUT2D eigenvalue weighted by molar-refractivity contribution is 8.00. The maximum atomic E-state index is 13.5. The smallest absolute Gasteiger partial charge is 0.341 e. The van der Waals surface area contributed by atoms with Crippen LogP contribution in [0.5, 0.6) is 0 Å². The number of benzene rings is 3. The van der Waals surface area contributed by atoms with E-state index >= 15 is 0 Å². The van der Waals surface area contributed by atoms with Gasteiger partial charge in [-0.25, -0.2) is 4.79 Å². The summed E-state index contributed by atoms with van der Waals surface area (Å²) in [5.41, 5.74) is 3.11. The lowest BCUT2D eigenvalue weighted by Crippen LogP contribution is -2.30. The Morgan fingerprint density at radius 3 is 2.42 bits per heavy atom. The summed E-state index contributed by atoms with van der Waals surface area (Å²) in [7, 11) is 1.36. The molecular formula is C39H40ClN3O5S2. The third-order valence-electron chi connectivity index (χ3n) is 8.58. The molecule has 50 heavy (non-hydrogen) atoms. The van der Waals surface area contributed by atoms with Crippen molar-refractivity contribution in [2.24, 2.45) is 11.3 Å². The Labute approximate surface area is 306 Å². The van der Waals surface area contributed by atoms with Crippen LogP contribution < -0.4 is 16.0 Å². The van der Waals surface area contributed by atoms with Gasteiger partial charge < -0.3 is 20.7 Å². The largest absolute Gasteiger partial charge is 0.465 e. The number of halogens is 1. The lowest BCUT2D eigenvalue weighted by Gasteiger charge is -2.33. The summed E-state index contributed by atoms with van der Waals surface area (Å²) >= 11 is 8.95. The van der Waals surface area contributed by atoms with Crippen LogP contribution in [0.15, 0.2) is 89.5 Å². The summed E-state index contributed by atoms with van der Waals surface area (Å²) in [6.45, 7) is 8.50. The van der Waals surface area contributed by atoms with Gasteiger partial charge in [-0.05, 0) is 97.2 Å². The maximum Gasteiger partial charge on any atom is 0.341 e. The van der Waals surface area contributed by atoms with E-state index < -0.39 is 23.0 Å². The number of methoxy groups -OCH3 is 1. The molecule has 1 aromatic heterocycles. The predicted molar refractivity (Wildman–Crippen MR) is 203 cm³/mol. The Bertz CT molecular complexity index is 1930. The third kappa shape index (κ3) is 9.24. The number of anilines is 2. The lowest BCUT2D eigenvalue weighted by atomic mass is 9.72. The van der Waals surface area contributed by atoms with Crippen molar-refractivity contribution < 1.29 is 23.9 Å². The Morgan fingerprint density at radius 1 is 0.980 bits per heavy atom. The quantitative estimate of drug-likeness (QED) is 0.0854. The first-order valence-corrected chi connectivity index (χ1v) is 18.3. The van der Waals surface area contributed by atoms with Crippen molar-refractivity contribution in [3.63, 3.8) is 0 Å². The number of thioether (sulfide) groups is 1. The van der Waals surface area contributed by atoms with Gasteiger partial charge in [0, 0.05) is 26.0 Å². The molecule has 2 atom stereocenters. The Kier molecular flexibility index (Phi) is 11.9. The van der Waals surface area contributed by atoms with Gasteiger partial charge in [-0.2, -0.15) is 0 Å². The minimum Gasteiger partial charge on any atom is -0.465 e. The molecule has 1 aliphatic carbocycles. The molecule has 0 fully saturated rings. The van der Waals surface area contributed by atoms with Crippen molar-refractivity contribution in [2.75, 3.05) is 17.7 Å². The van der Waals surface area contributed by atoms with E-state index in [1.54, 1.807) is 85.8 Å². The number of amides is 3. The standard InChI is InChI=1S/C39H40ClN3O5S2/c1-23(34(44)43-37-33(38(47)48-5)30-18-17-26(39(2,3)4)21-32(30)50-37)49-29-16-10-15-28(22-29)41-36(46)31(20-24-11-9-14-27(40)19-24)42-35(45)25-12-7-6-8-13-25/h6-16,19-20,22-23,26H,17-18,21H2,1-5H3,(H,41,46)(H,42,45)(H,43,44)/b31-20-. The zero-order valence-corrected chi connectivity index (χ0v) is 31.0. The summed E-state index contributed by atoms with van der Waals surface area (Å²) in [6.07, 6.45) is 4.16. The van der Waals surface area contributed by atoms with Crippen LogP contribution in [-0.4, -0.2) is 36.1 Å². The van der Waals surface area contributed by atoms with Crippen molar-refractivity contribution >= 4 is 75.2 Å². The normalized spacial score (nSPS) is 15.0. The first kappa shape index (κ1) is 36.9. The van der Waals surface area contributed by atoms with Crippen LogP contribution in [0, 0.1) is 11.3 Å². The van der Waals surface area contributed by atoms with Crippen molar-refractivity contribution in [2.45, 2.75) is 57.1 Å². The van der Waals surface area contributed by atoms with E-state index in [-0.39, 0.29) is 17.0 Å². The monoisotopic (exact) mass is 729 g/mol. The van der Waals surface area contributed by atoms with E-state index in [0.29, 0.717) is 38.3 Å². The second-order valence-corrected chi connectivity index (χ2v) is 16.1. The Morgan fingerprint density at radius 2 is 1.72 bits per heavy atom. The third-order valence-corrected chi connectivity index (χ3v) is 11.1. The number of rotatable bonds is 10. The number of hydrogen-bond donors (Lipinski definition) is 3. The van der Waals surface area contributed by atoms with Gasteiger partial charge in [-0.15, -0.1) is 23.1 Å². The van der Waals surface area contributed by atoms with Crippen LogP contribution in [0.25, 0.3) is 6.08 Å². The van der Waals surface area contributed by atoms with Gasteiger partial charge in [0.05, 0.1) is 17.9 Å². The molecule has 5 rings (SSSR count). The van der Waals surface area contributed by atoms with Crippen molar-refractivity contribution in [1.29, 1.82) is 0 Å². The molecule has 8 nitrogen and oxygen atoms in total. The summed E-state index contributed by atoms with van der Waals surface area (Å²) < 4.78 is 5.12. The average Bonchev–Trinajstić information content (AvgIpc) is 3.44. The van der Waals surface area contributed by atoms with Crippen molar-refractivity contribution in [3.8, 4) is 0 Å². The second-order valence-electron chi connectivity index (χ2n) is 13.2. The highest BCUT2D eigenvalue weighted by Gasteiger charge is 2.34. The lowest BCUT2D eigenvalue weighted by molar-refractivity contribution is -0.115. The summed E-state index contributed by atoms with van der Waals surface area (Å²) in [5.74, 6) is -1.19. The number of hydrogen-bond acceptors (Lipinski definition) is 7. The highest BCUT2D eigenvalue weighted by Crippen LogP contribution is 2.44. The molecule has 11 heteroatoms. The molecule has 3 amide bonds. The van der Waals surface area contributed by atoms with Gasteiger partial charge in [0.25, 0.3) is 11.8 Å². The van der Waals surface area contributed by atoms with E-state index in [0.717, 1.165) is 34.6 Å². The molecule has 0 aliphatic heterocycles. The van der Waals surface area contributed by atoms with E-state index in [1.807, 2.05) is 6.07 Å². The molecular weight excluding hydrogens is 690 g/mol. The first-order valence-electron chi connectivity index (χ1n) is 16.3. The number of carbonyl (C=O) groups is 4. The first-order chi connectivity index (χ1) is 23.8. The molecule has 0 radical (unpaired) electrons. The van der Waals surface area contributed by atoms with Gasteiger partial charge in [0.1, 0.15) is 10.7 Å². The van der Waals surface area contributed by atoms with Crippen LogP contribution in [0.1, 0.15) is 70.8 Å². The maximum absolute atomic E-state index is 13.5. The molecule has 2 unspecified atom stereocenters. The van der Waals surface area contributed by atoms with Crippen LogP contribution in [0.2, 0.25) is 5.02 Å². The van der Waals surface area contributed by atoms with Crippen molar-refractivity contribution in [1.82, 2.24) is 5.32 Å². The fraction of sp³-hybridized carbons (Fsp3) is 0.282. The molecule has 1 heterocycles. The van der Waals surface area contributed by atoms with Gasteiger partial charge in [0.2, 0.25) is 5.91 Å². The van der Waals surface area contributed by atoms with Crippen LogP contribution in [0.3, 0.4) is 0 Å². The molecule has 0 spiro atoms. The Hall–Kier alpha value is -4.38. The number of thiophene rings is 1. The van der Waals surface area contributed by atoms with Crippen LogP contribution >= 0.6 is 34.7 Å². The molecule has 260 valence electrons. The molecule has 0 bridgehead atoms. The minimum absolute atomic E-state index is 0.0285.